The van der Waals surface area contributed by atoms with Gasteiger partial charge in [0.05, 0.1) is 18.5 Å². The molecule has 0 spiro atoms. The molecule has 0 unspecified atom stereocenters. The van der Waals surface area contributed by atoms with E-state index in [4.69, 9.17) is 4.98 Å². The van der Waals surface area contributed by atoms with Crippen molar-refractivity contribution in [2.45, 2.75) is 19.3 Å². The Labute approximate surface area is 175 Å². The van der Waals surface area contributed by atoms with Crippen molar-refractivity contribution in [2.75, 3.05) is 23.4 Å². The van der Waals surface area contributed by atoms with Gasteiger partial charge in [-0.3, -0.25) is 0 Å². The molecular formula is C23H24N6O. The number of rotatable bonds is 5. The van der Waals surface area contributed by atoms with E-state index in [-0.39, 0.29) is 12.0 Å². The summed E-state index contributed by atoms with van der Waals surface area (Å²) in [5.41, 5.74) is 4.79. The third-order valence-corrected chi connectivity index (χ3v) is 5.56. The smallest absolute Gasteiger partial charge is 0.180 e. The molecule has 3 aromatic rings. The van der Waals surface area contributed by atoms with Crippen LogP contribution >= 0.6 is 0 Å². The third-order valence-electron chi connectivity index (χ3n) is 5.56. The molecular weight excluding hydrogens is 376 g/mol. The van der Waals surface area contributed by atoms with Gasteiger partial charge in [0.15, 0.2) is 17.3 Å². The summed E-state index contributed by atoms with van der Waals surface area (Å²) in [5, 5.41) is 16.4. The molecule has 2 aliphatic rings. The van der Waals surface area contributed by atoms with Crippen LogP contribution in [0.4, 0.5) is 17.3 Å². The van der Waals surface area contributed by atoms with Crippen LogP contribution in [0, 0.1) is 0 Å². The van der Waals surface area contributed by atoms with Gasteiger partial charge in [-0.15, -0.1) is 0 Å². The SMILES string of the molecule is CC(C)(CO)c1ccc(Nc2nc(N3C=CC4=CCNC4=C3)cn3ccnc23)cc1. The van der Waals surface area contributed by atoms with Crippen molar-refractivity contribution in [1.82, 2.24) is 19.7 Å². The lowest BCUT2D eigenvalue weighted by molar-refractivity contribution is 0.218. The Morgan fingerprint density at radius 3 is 2.87 bits per heavy atom. The van der Waals surface area contributed by atoms with Gasteiger partial charge < -0.3 is 25.0 Å². The molecule has 7 heteroatoms. The minimum Gasteiger partial charge on any atom is -0.395 e. The second-order valence-corrected chi connectivity index (χ2v) is 8.16. The van der Waals surface area contributed by atoms with Crippen molar-refractivity contribution in [1.29, 1.82) is 0 Å². The molecule has 5 rings (SSSR count). The second kappa shape index (κ2) is 7.03. The van der Waals surface area contributed by atoms with Gasteiger partial charge in [0.25, 0.3) is 0 Å². The number of aliphatic hydroxyl groups is 1. The molecule has 4 heterocycles. The molecule has 0 radical (unpaired) electrons. The van der Waals surface area contributed by atoms with Crippen LogP contribution in [0.2, 0.25) is 0 Å². The van der Waals surface area contributed by atoms with E-state index in [0.29, 0.717) is 5.82 Å². The van der Waals surface area contributed by atoms with Gasteiger partial charge >= 0.3 is 0 Å². The third kappa shape index (κ3) is 3.23. The van der Waals surface area contributed by atoms with Crippen LogP contribution in [0.15, 0.2) is 78.7 Å². The first kappa shape index (κ1) is 18.4. The predicted molar refractivity (Wildman–Crippen MR) is 119 cm³/mol. The highest BCUT2D eigenvalue weighted by atomic mass is 16.3. The highest BCUT2D eigenvalue weighted by Crippen LogP contribution is 2.28. The quantitative estimate of drug-likeness (QED) is 0.609. The molecule has 7 nitrogen and oxygen atoms in total. The molecule has 0 saturated carbocycles. The lowest BCUT2D eigenvalue weighted by Gasteiger charge is -2.23. The van der Waals surface area contributed by atoms with E-state index in [0.717, 1.165) is 35.0 Å². The monoisotopic (exact) mass is 400 g/mol. The Morgan fingerprint density at radius 2 is 2.07 bits per heavy atom. The maximum absolute atomic E-state index is 9.60. The fourth-order valence-corrected chi connectivity index (χ4v) is 3.61. The van der Waals surface area contributed by atoms with E-state index < -0.39 is 0 Å². The average Bonchev–Trinajstić information content (AvgIpc) is 3.43. The van der Waals surface area contributed by atoms with Crippen molar-refractivity contribution < 1.29 is 5.11 Å². The fraction of sp³-hybridized carbons (Fsp3) is 0.217. The summed E-state index contributed by atoms with van der Waals surface area (Å²) in [7, 11) is 0. The number of hydrogen-bond acceptors (Lipinski definition) is 6. The molecule has 1 aromatic carbocycles. The molecule has 30 heavy (non-hydrogen) atoms. The van der Waals surface area contributed by atoms with Gasteiger partial charge in [0.1, 0.15) is 0 Å². The summed E-state index contributed by atoms with van der Waals surface area (Å²) in [5.74, 6) is 1.47. The Hall–Kier alpha value is -3.58. The first-order valence-corrected chi connectivity index (χ1v) is 9.98. The zero-order valence-electron chi connectivity index (χ0n) is 17.0. The lowest BCUT2D eigenvalue weighted by Crippen LogP contribution is -2.21. The highest BCUT2D eigenvalue weighted by Gasteiger charge is 2.20. The van der Waals surface area contributed by atoms with Crippen molar-refractivity contribution in [3.05, 3.63) is 84.2 Å². The number of imidazole rings is 1. The van der Waals surface area contributed by atoms with Gasteiger partial charge in [0, 0.05) is 42.4 Å². The highest BCUT2D eigenvalue weighted by molar-refractivity contribution is 5.72. The van der Waals surface area contributed by atoms with Gasteiger partial charge in [0.2, 0.25) is 0 Å². The van der Waals surface area contributed by atoms with Crippen molar-refractivity contribution in [3.63, 3.8) is 0 Å². The van der Waals surface area contributed by atoms with Crippen LogP contribution in [0.3, 0.4) is 0 Å². The zero-order valence-corrected chi connectivity index (χ0v) is 17.0. The largest absolute Gasteiger partial charge is 0.395 e. The van der Waals surface area contributed by atoms with E-state index in [2.05, 4.69) is 34.0 Å². The summed E-state index contributed by atoms with van der Waals surface area (Å²) >= 11 is 0. The number of hydrogen-bond donors (Lipinski definition) is 3. The Bertz CT molecular complexity index is 1190. The Morgan fingerprint density at radius 1 is 1.23 bits per heavy atom. The topological polar surface area (TPSA) is 77.7 Å². The van der Waals surface area contributed by atoms with Crippen LogP contribution in [0.25, 0.3) is 5.65 Å². The number of aliphatic hydroxyl groups excluding tert-OH is 1. The van der Waals surface area contributed by atoms with Crippen molar-refractivity contribution in [2.24, 2.45) is 0 Å². The molecule has 0 fully saturated rings. The molecule has 0 saturated heterocycles. The van der Waals surface area contributed by atoms with E-state index in [1.54, 1.807) is 6.20 Å². The van der Waals surface area contributed by atoms with Crippen molar-refractivity contribution in [3.8, 4) is 0 Å². The van der Waals surface area contributed by atoms with Gasteiger partial charge in [-0.25, -0.2) is 9.97 Å². The maximum Gasteiger partial charge on any atom is 0.180 e. The molecule has 2 aromatic heterocycles. The molecule has 0 aliphatic carbocycles. The maximum atomic E-state index is 9.60. The first-order valence-electron chi connectivity index (χ1n) is 9.98. The number of anilines is 3. The summed E-state index contributed by atoms with van der Waals surface area (Å²) in [6, 6.07) is 8.07. The summed E-state index contributed by atoms with van der Waals surface area (Å²) in [6.07, 6.45) is 14.0. The molecule has 0 amide bonds. The number of nitrogens with one attached hydrogen (secondary N) is 2. The van der Waals surface area contributed by atoms with Crippen LogP contribution in [0.1, 0.15) is 19.4 Å². The Balaban J connectivity index is 1.48. The minimum absolute atomic E-state index is 0.0999. The standard InChI is InChI=1S/C23H24N6O/c1-23(2,15-30)17-3-5-18(6-4-17)26-21-22-25-10-12-29(22)14-20(27-21)28-11-8-16-7-9-24-19(16)13-28/h3-8,10-14,24,30H,9,15H2,1-2H3,(H,26,27). The molecule has 0 bridgehead atoms. The summed E-state index contributed by atoms with van der Waals surface area (Å²) < 4.78 is 1.97. The summed E-state index contributed by atoms with van der Waals surface area (Å²) in [6.45, 7) is 5.00. The summed E-state index contributed by atoms with van der Waals surface area (Å²) in [4.78, 5) is 11.3. The number of benzene rings is 1. The molecule has 152 valence electrons. The van der Waals surface area contributed by atoms with E-state index in [1.807, 2.05) is 66.0 Å². The van der Waals surface area contributed by atoms with Crippen LogP contribution in [0.5, 0.6) is 0 Å². The lowest BCUT2D eigenvalue weighted by atomic mass is 9.85. The van der Waals surface area contributed by atoms with Crippen LogP contribution < -0.4 is 15.5 Å². The zero-order chi connectivity index (χ0) is 20.7. The number of nitrogens with zero attached hydrogens (tertiary/aromatic N) is 4. The normalized spacial score (nSPS) is 15.6. The van der Waals surface area contributed by atoms with Gasteiger partial charge in [-0.05, 0) is 29.3 Å². The van der Waals surface area contributed by atoms with Gasteiger partial charge in [-0.2, -0.15) is 0 Å². The van der Waals surface area contributed by atoms with Crippen LogP contribution in [-0.2, 0) is 5.41 Å². The van der Waals surface area contributed by atoms with E-state index in [1.165, 1.54) is 5.57 Å². The van der Waals surface area contributed by atoms with Crippen LogP contribution in [-0.4, -0.2) is 32.6 Å². The van der Waals surface area contributed by atoms with E-state index in [9.17, 15) is 5.11 Å². The molecule has 3 N–H and O–H groups in total. The Kier molecular flexibility index (Phi) is 4.33. The minimum atomic E-state index is -0.275. The number of aromatic nitrogens is 3. The molecule has 2 aliphatic heterocycles. The number of allylic oxidation sites excluding steroid dienone is 1. The first-order chi connectivity index (χ1) is 14.5. The fourth-order valence-electron chi connectivity index (χ4n) is 3.61. The van der Waals surface area contributed by atoms with Crippen molar-refractivity contribution >= 4 is 23.0 Å². The second-order valence-electron chi connectivity index (χ2n) is 8.16. The number of fused-ring (bicyclic) bond motifs is 2. The van der Waals surface area contributed by atoms with E-state index >= 15 is 0 Å². The molecule has 0 atom stereocenters. The average molecular weight is 400 g/mol. The van der Waals surface area contributed by atoms with Gasteiger partial charge in [-0.1, -0.05) is 32.1 Å². The predicted octanol–water partition coefficient (Wildman–Crippen LogP) is 3.45.